The molecule has 0 aliphatic carbocycles. The first-order valence-corrected chi connectivity index (χ1v) is 6.58. The summed E-state index contributed by atoms with van der Waals surface area (Å²) in [5.41, 5.74) is 0.782. The maximum atomic E-state index is 11.6. The Morgan fingerprint density at radius 1 is 1.50 bits per heavy atom. The lowest BCUT2D eigenvalue weighted by atomic mass is 10.2. The highest BCUT2D eigenvalue weighted by Crippen LogP contribution is 2.38. The molecule has 0 saturated heterocycles. The third-order valence-electron chi connectivity index (χ3n) is 2.79. The van der Waals surface area contributed by atoms with E-state index in [2.05, 4.69) is 0 Å². The second-order valence-corrected chi connectivity index (χ2v) is 6.67. The Labute approximate surface area is 111 Å². The summed E-state index contributed by atoms with van der Waals surface area (Å²) >= 11 is 1.58. The van der Waals surface area contributed by atoms with Crippen LogP contribution in [0.25, 0.3) is 0 Å². The molecule has 0 atom stereocenters. The van der Waals surface area contributed by atoms with Crippen LogP contribution in [0.4, 0.5) is 5.69 Å². The van der Waals surface area contributed by atoms with Gasteiger partial charge in [0, 0.05) is 16.7 Å². The number of rotatable bonds is 3. The summed E-state index contributed by atoms with van der Waals surface area (Å²) in [6.07, 6.45) is 0. The van der Waals surface area contributed by atoms with Gasteiger partial charge in [0.25, 0.3) is 5.91 Å². The summed E-state index contributed by atoms with van der Waals surface area (Å²) in [5.74, 6) is 0.675. The van der Waals surface area contributed by atoms with Gasteiger partial charge in [0.2, 0.25) is 0 Å². The number of likely N-dealkylation sites (N-methyl/N-ethyl adjacent to an activating group) is 1. The monoisotopic (exact) mass is 267 g/mol. The van der Waals surface area contributed by atoms with Crippen molar-refractivity contribution in [1.82, 2.24) is 0 Å². The van der Waals surface area contributed by atoms with Crippen LogP contribution in [-0.4, -0.2) is 36.0 Å². The van der Waals surface area contributed by atoms with Gasteiger partial charge in [-0.3, -0.25) is 4.79 Å². The SMILES string of the molecule is CN1C(=O)COc2ccc(SC(C)(C)CO)cc21. The Kier molecular flexibility index (Phi) is 3.54. The lowest BCUT2D eigenvalue weighted by molar-refractivity contribution is -0.120. The summed E-state index contributed by atoms with van der Waals surface area (Å²) in [4.78, 5) is 14.2. The predicted molar refractivity (Wildman–Crippen MR) is 72.4 cm³/mol. The zero-order chi connectivity index (χ0) is 13.3. The number of anilines is 1. The van der Waals surface area contributed by atoms with Gasteiger partial charge >= 0.3 is 0 Å². The number of nitrogens with zero attached hydrogens (tertiary/aromatic N) is 1. The molecule has 0 radical (unpaired) electrons. The molecule has 0 unspecified atom stereocenters. The van der Waals surface area contributed by atoms with Gasteiger partial charge in [-0.2, -0.15) is 0 Å². The average molecular weight is 267 g/mol. The topological polar surface area (TPSA) is 49.8 Å². The molecule has 1 aliphatic rings. The van der Waals surface area contributed by atoms with Crippen molar-refractivity contribution >= 4 is 23.4 Å². The first kappa shape index (κ1) is 13.2. The molecule has 1 aliphatic heterocycles. The molecule has 1 aromatic carbocycles. The first-order chi connectivity index (χ1) is 8.43. The van der Waals surface area contributed by atoms with E-state index in [1.807, 2.05) is 32.0 Å². The molecular formula is C13H17NO3S. The smallest absolute Gasteiger partial charge is 0.264 e. The number of benzene rings is 1. The maximum Gasteiger partial charge on any atom is 0.264 e. The fraction of sp³-hybridized carbons (Fsp3) is 0.462. The van der Waals surface area contributed by atoms with Crippen LogP contribution in [0, 0.1) is 0 Å². The minimum atomic E-state index is -0.244. The minimum Gasteiger partial charge on any atom is -0.482 e. The van der Waals surface area contributed by atoms with Crippen molar-refractivity contribution in [3.05, 3.63) is 18.2 Å². The highest BCUT2D eigenvalue weighted by Gasteiger charge is 2.24. The molecule has 18 heavy (non-hydrogen) atoms. The fourth-order valence-electron chi connectivity index (χ4n) is 1.67. The van der Waals surface area contributed by atoms with Gasteiger partial charge in [-0.25, -0.2) is 0 Å². The standard InChI is InChI=1S/C13H17NO3S/c1-13(2,8-15)18-9-4-5-11-10(6-9)14(3)12(16)7-17-11/h4-6,15H,7-8H2,1-3H3. The van der Waals surface area contributed by atoms with Crippen molar-refractivity contribution in [2.75, 3.05) is 25.2 Å². The van der Waals surface area contributed by atoms with Crippen LogP contribution < -0.4 is 9.64 Å². The van der Waals surface area contributed by atoms with E-state index in [1.165, 1.54) is 0 Å². The number of carbonyl (C=O) groups is 1. The molecule has 1 aromatic rings. The Hall–Kier alpha value is -1.20. The third-order valence-corrected chi connectivity index (χ3v) is 3.96. The van der Waals surface area contributed by atoms with Crippen LogP contribution in [0.2, 0.25) is 0 Å². The molecule has 1 N–H and O–H groups in total. The van der Waals surface area contributed by atoms with Gasteiger partial charge in [0.05, 0.1) is 12.3 Å². The van der Waals surface area contributed by atoms with Crippen molar-refractivity contribution in [1.29, 1.82) is 0 Å². The number of hydrogen-bond donors (Lipinski definition) is 1. The minimum absolute atomic E-state index is 0.0499. The van der Waals surface area contributed by atoms with E-state index in [4.69, 9.17) is 4.74 Å². The Balaban J connectivity index is 2.29. The number of fused-ring (bicyclic) bond motifs is 1. The van der Waals surface area contributed by atoms with Crippen molar-refractivity contribution in [3.8, 4) is 5.75 Å². The molecule has 0 fully saturated rings. The van der Waals surface area contributed by atoms with Gasteiger partial charge in [0.15, 0.2) is 6.61 Å². The highest BCUT2D eigenvalue weighted by molar-refractivity contribution is 8.00. The summed E-state index contributed by atoms with van der Waals surface area (Å²) in [7, 11) is 1.75. The van der Waals surface area contributed by atoms with Crippen molar-refractivity contribution in [2.24, 2.45) is 0 Å². The molecule has 2 rings (SSSR count). The average Bonchev–Trinajstić information content (AvgIpc) is 2.34. The first-order valence-electron chi connectivity index (χ1n) is 5.76. The van der Waals surface area contributed by atoms with Gasteiger partial charge in [-0.05, 0) is 32.0 Å². The van der Waals surface area contributed by atoms with Crippen LogP contribution in [0.15, 0.2) is 23.1 Å². The molecule has 0 aromatic heterocycles. The summed E-state index contributed by atoms with van der Waals surface area (Å²) < 4.78 is 5.12. The molecule has 4 nitrogen and oxygen atoms in total. The molecule has 1 heterocycles. The maximum absolute atomic E-state index is 11.6. The van der Waals surface area contributed by atoms with E-state index >= 15 is 0 Å². The van der Waals surface area contributed by atoms with Gasteiger partial charge < -0.3 is 14.7 Å². The van der Waals surface area contributed by atoms with Crippen LogP contribution >= 0.6 is 11.8 Å². The third kappa shape index (κ3) is 2.62. The second kappa shape index (κ2) is 4.82. The van der Waals surface area contributed by atoms with Crippen molar-refractivity contribution in [3.63, 3.8) is 0 Å². The molecule has 0 saturated carbocycles. The van der Waals surface area contributed by atoms with Crippen molar-refractivity contribution in [2.45, 2.75) is 23.5 Å². The highest BCUT2D eigenvalue weighted by atomic mass is 32.2. The number of ether oxygens (including phenoxy) is 1. The molecule has 0 bridgehead atoms. The van der Waals surface area contributed by atoms with Crippen LogP contribution in [0.3, 0.4) is 0 Å². The number of thioether (sulfide) groups is 1. The van der Waals surface area contributed by atoms with Crippen LogP contribution in [0.1, 0.15) is 13.8 Å². The Bertz CT molecular complexity index is 473. The quantitative estimate of drug-likeness (QED) is 0.850. The fourth-order valence-corrected chi connectivity index (χ4v) is 2.68. The van der Waals surface area contributed by atoms with E-state index in [9.17, 15) is 9.90 Å². The van der Waals surface area contributed by atoms with Gasteiger partial charge in [-0.1, -0.05) is 0 Å². The molecular weight excluding hydrogens is 250 g/mol. The number of amides is 1. The van der Waals surface area contributed by atoms with E-state index in [-0.39, 0.29) is 23.9 Å². The zero-order valence-electron chi connectivity index (χ0n) is 10.8. The van der Waals surface area contributed by atoms with E-state index in [0.717, 1.165) is 16.3 Å². The van der Waals surface area contributed by atoms with E-state index < -0.39 is 0 Å². The van der Waals surface area contributed by atoms with E-state index in [1.54, 1.807) is 23.7 Å². The lowest BCUT2D eigenvalue weighted by Crippen LogP contribution is -2.35. The van der Waals surface area contributed by atoms with E-state index in [0.29, 0.717) is 0 Å². The largest absolute Gasteiger partial charge is 0.482 e. The molecule has 5 heteroatoms. The zero-order valence-corrected chi connectivity index (χ0v) is 11.6. The van der Waals surface area contributed by atoms with Gasteiger partial charge in [0.1, 0.15) is 5.75 Å². The number of carbonyl (C=O) groups excluding carboxylic acids is 1. The molecule has 1 amide bonds. The lowest BCUT2D eigenvalue weighted by Gasteiger charge is -2.27. The normalized spacial score (nSPS) is 15.3. The predicted octanol–water partition coefficient (Wildman–Crippen LogP) is 1.90. The second-order valence-electron chi connectivity index (χ2n) is 4.89. The molecule has 0 spiro atoms. The summed E-state index contributed by atoms with van der Waals surface area (Å²) in [5, 5.41) is 9.28. The Morgan fingerprint density at radius 2 is 2.22 bits per heavy atom. The summed E-state index contributed by atoms with van der Waals surface area (Å²) in [6, 6.07) is 5.74. The number of aliphatic hydroxyl groups excluding tert-OH is 1. The Morgan fingerprint density at radius 3 is 2.89 bits per heavy atom. The van der Waals surface area contributed by atoms with Crippen molar-refractivity contribution < 1.29 is 14.6 Å². The number of aliphatic hydroxyl groups is 1. The molecule has 98 valence electrons. The summed E-state index contributed by atoms with van der Waals surface area (Å²) in [6.45, 7) is 4.14. The van der Waals surface area contributed by atoms with Crippen LogP contribution in [0.5, 0.6) is 5.75 Å². The van der Waals surface area contributed by atoms with Crippen LogP contribution in [-0.2, 0) is 4.79 Å². The number of hydrogen-bond acceptors (Lipinski definition) is 4. The van der Waals surface area contributed by atoms with Gasteiger partial charge in [-0.15, -0.1) is 11.8 Å².